The van der Waals surface area contributed by atoms with E-state index in [0.29, 0.717) is 22.6 Å². The SMILES string of the molecule is [Cl][Pt][Cl].[Cl][Pt][Cl].[SeH]=P(c1ccccc1)(c1ccccc1)C1C([PH+](c2ccccc2)c2ccccc2)C([PH+](c2ccccc2)c2ccccc2)C1P(=[SeH])(c1ccccc1)c1ccccc1. The van der Waals surface area contributed by atoms with Gasteiger partial charge in [-0.2, -0.15) is 0 Å². The molecule has 0 bridgehead atoms. The predicted molar refractivity (Wildman–Crippen MR) is 292 cm³/mol. The summed E-state index contributed by atoms with van der Waals surface area (Å²) >= 11 is 5.98. The van der Waals surface area contributed by atoms with Crippen molar-refractivity contribution < 1.29 is 33.0 Å². The molecule has 0 nitrogen and oxygen atoms in total. The molecule has 1 aliphatic rings. The van der Waals surface area contributed by atoms with Crippen molar-refractivity contribution in [2.75, 3.05) is 0 Å². The average molecular weight is 1490 g/mol. The molecule has 4 unspecified atom stereocenters. The van der Waals surface area contributed by atoms with Gasteiger partial charge in [0.15, 0.2) is 0 Å². The van der Waals surface area contributed by atoms with E-state index in [2.05, 4.69) is 273 Å². The molecule has 1 saturated carbocycles. The Labute approximate surface area is 430 Å². The Morgan fingerprint density at radius 1 is 0.297 bits per heavy atom. The molecular formula is C52H48Cl4P4Pt2Se2+2. The van der Waals surface area contributed by atoms with Crippen LogP contribution in [0.2, 0.25) is 0 Å². The Morgan fingerprint density at radius 3 is 0.625 bits per heavy atom. The van der Waals surface area contributed by atoms with Crippen molar-refractivity contribution in [2.45, 2.75) is 22.6 Å². The van der Waals surface area contributed by atoms with E-state index in [1.165, 1.54) is 42.4 Å². The van der Waals surface area contributed by atoms with E-state index >= 15 is 0 Å². The van der Waals surface area contributed by atoms with Crippen molar-refractivity contribution in [1.29, 1.82) is 0 Å². The topological polar surface area (TPSA) is 0 Å². The number of halogens is 4. The van der Waals surface area contributed by atoms with Crippen LogP contribution in [0.3, 0.4) is 0 Å². The van der Waals surface area contributed by atoms with E-state index in [9.17, 15) is 0 Å². The number of rotatable bonds is 12. The van der Waals surface area contributed by atoms with Crippen LogP contribution in [-0.4, -0.2) is 52.8 Å². The summed E-state index contributed by atoms with van der Waals surface area (Å²) in [5.41, 5.74) is -2.78. The molecule has 0 heterocycles. The van der Waals surface area contributed by atoms with E-state index in [1.807, 2.05) is 0 Å². The molecule has 0 aromatic heterocycles. The van der Waals surface area contributed by atoms with Crippen LogP contribution >= 0.6 is 64.5 Å². The molecule has 1 aliphatic carbocycles. The summed E-state index contributed by atoms with van der Waals surface area (Å²) < 4.78 is 0. The Balaban J connectivity index is 0.000000968. The summed E-state index contributed by atoms with van der Waals surface area (Å²) in [6, 6.07) is 93.3. The molecule has 4 atom stereocenters. The molecule has 0 saturated heterocycles. The molecule has 0 spiro atoms. The van der Waals surface area contributed by atoms with Gasteiger partial charge in [0.05, 0.1) is 0 Å². The van der Waals surface area contributed by atoms with Gasteiger partial charge in [-0.1, -0.05) is 0 Å². The van der Waals surface area contributed by atoms with Crippen molar-refractivity contribution in [3.63, 3.8) is 0 Å². The van der Waals surface area contributed by atoms with Crippen LogP contribution in [0.1, 0.15) is 0 Å². The van der Waals surface area contributed by atoms with Gasteiger partial charge in [0, 0.05) is 0 Å². The summed E-state index contributed by atoms with van der Waals surface area (Å²) in [6.07, 6.45) is 0. The van der Waals surface area contributed by atoms with Gasteiger partial charge in [0.1, 0.15) is 0 Å². The quantitative estimate of drug-likeness (QED) is 0.0845. The van der Waals surface area contributed by atoms with Crippen LogP contribution < -0.4 is 42.4 Å². The fourth-order valence-electron chi connectivity index (χ4n) is 9.49. The summed E-state index contributed by atoms with van der Waals surface area (Å²) in [4.78, 5) is 0. The molecule has 64 heavy (non-hydrogen) atoms. The van der Waals surface area contributed by atoms with Crippen LogP contribution in [0.5, 0.6) is 0 Å². The van der Waals surface area contributed by atoms with E-state index < -0.39 is 59.8 Å². The summed E-state index contributed by atoms with van der Waals surface area (Å²) in [5, 5.41) is 12.0. The molecule has 0 aliphatic heterocycles. The second-order valence-corrected chi connectivity index (χ2v) is 40.9. The molecule has 0 N–H and O–H groups in total. The third kappa shape index (κ3) is 11.4. The molecule has 8 aromatic rings. The van der Waals surface area contributed by atoms with E-state index in [-0.39, 0.29) is 0 Å². The van der Waals surface area contributed by atoms with Gasteiger partial charge in [-0.3, -0.25) is 0 Å². The maximum absolute atomic E-state index is 4.88. The van der Waals surface area contributed by atoms with Crippen LogP contribution in [0.25, 0.3) is 0 Å². The third-order valence-electron chi connectivity index (χ3n) is 11.9. The second-order valence-electron chi connectivity index (χ2n) is 15.1. The molecule has 2 radical (unpaired) electrons. The predicted octanol–water partition coefficient (Wildman–Crippen LogP) is 10.9. The van der Waals surface area contributed by atoms with Gasteiger partial charge < -0.3 is 0 Å². The fourth-order valence-corrected chi connectivity index (χ4v) is 38.2. The zero-order valence-corrected chi connectivity index (χ0v) is 49.4. The first-order valence-electron chi connectivity index (χ1n) is 20.5. The van der Waals surface area contributed by atoms with Crippen molar-refractivity contribution in [3.8, 4) is 0 Å². The van der Waals surface area contributed by atoms with E-state index in [0.717, 1.165) is 0 Å². The van der Waals surface area contributed by atoms with Gasteiger partial charge in [0.25, 0.3) is 0 Å². The Hall–Kier alpha value is -0.944. The second kappa shape index (κ2) is 25.6. The Kier molecular flexibility index (Phi) is 20.4. The molecule has 0 amide bonds. The van der Waals surface area contributed by atoms with Gasteiger partial charge in [-0.05, 0) is 0 Å². The van der Waals surface area contributed by atoms with E-state index in [1.54, 1.807) is 0 Å². The van der Waals surface area contributed by atoms with Crippen molar-refractivity contribution >= 4 is 137 Å². The van der Waals surface area contributed by atoms with Crippen LogP contribution in [-0.2, 0) is 33.0 Å². The van der Waals surface area contributed by atoms with Crippen molar-refractivity contribution in [1.82, 2.24) is 0 Å². The van der Waals surface area contributed by atoms with Gasteiger partial charge in [-0.25, -0.2) is 0 Å². The molecule has 8 aromatic carbocycles. The van der Waals surface area contributed by atoms with Crippen LogP contribution in [0.4, 0.5) is 0 Å². The third-order valence-corrected chi connectivity index (χ3v) is 36.2. The molecule has 1 fully saturated rings. The zero-order chi connectivity index (χ0) is 44.8. The first-order valence-corrected chi connectivity index (χ1v) is 43.6. The molecular weight excluding hydrogens is 1440 g/mol. The first-order chi connectivity index (χ1) is 31.4. The summed E-state index contributed by atoms with van der Waals surface area (Å²) in [7, 11) is 16.7. The molecule has 12 heteroatoms. The normalized spacial score (nSPS) is 17.1. The van der Waals surface area contributed by atoms with Crippen molar-refractivity contribution in [2.24, 2.45) is 0 Å². The number of hydrogen-bond donors (Lipinski definition) is 0. The zero-order valence-electron chi connectivity index (χ0n) is 34.3. The standard InChI is InChI=1S/C52H46P4Se2.4ClH.2Pt/c57-55(45-33-17-5-18-34-45,46-35-19-6-20-36-46)51-49(53(41-25-9-1-10-26-41)42-27-11-2-12-28-42)50(54(43-29-13-3-14-30-43)44-31-15-4-16-32-44)52(51)56(58,47-37-21-7-22-38-47)48-39-23-8-24-40-48;;;;;;/h1-40,49-52,57-58H;4*1H;;/q;;;;;2*+2/p-2. The average Bonchev–Trinajstić information content (AvgIpc) is 3.36. The van der Waals surface area contributed by atoms with Crippen LogP contribution in [0.15, 0.2) is 243 Å². The summed E-state index contributed by atoms with van der Waals surface area (Å²) in [6.45, 7) is 0. The molecule has 9 rings (SSSR count). The fraction of sp³-hybridized carbons (Fsp3) is 0.0769. The van der Waals surface area contributed by atoms with E-state index in [4.69, 9.17) is 37.7 Å². The maximum atomic E-state index is 4.88. The minimum absolute atomic E-state index is 0.376. The monoisotopic (exact) mass is 1490 g/mol. The Bertz CT molecular complexity index is 2350. The molecule has 334 valence electrons. The van der Waals surface area contributed by atoms with Crippen molar-refractivity contribution in [3.05, 3.63) is 243 Å². The summed E-state index contributed by atoms with van der Waals surface area (Å²) in [5.74, 6) is 0. The number of hydrogen-bond acceptors (Lipinski definition) is 0. The first kappa shape index (κ1) is 50.9. The van der Waals surface area contributed by atoms with Gasteiger partial charge >= 0.3 is 435 Å². The Morgan fingerprint density at radius 2 is 0.453 bits per heavy atom. The van der Waals surface area contributed by atoms with Gasteiger partial charge in [-0.15, -0.1) is 0 Å². The minimum atomic E-state index is -2.19. The van der Waals surface area contributed by atoms with Gasteiger partial charge in [0.2, 0.25) is 0 Å². The number of benzene rings is 8. The van der Waals surface area contributed by atoms with Crippen LogP contribution in [0, 0.1) is 0 Å².